The first-order chi connectivity index (χ1) is 9.18. The Bertz CT molecular complexity index is 542. The van der Waals surface area contributed by atoms with Gasteiger partial charge in [-0.25, -0.2) is 0 Å². The Hall–Kier alpha value is -1.65. The summed E-state index contributed by atoms with van der Waals surface area (Å²) < 4.78 is 16.0. The second-order valence-corrected chi connectivity index (χ2v) is 4.54. The molecule has 0 unspecified atom stereocenters. The van der Waals surface area contributed by atoms with Crippen LogP contribution in [-0.2, 0) is 9.47 Å². The van der Waals surface area contributed by atoms with E-state index in [4.69, 9.17) is 13.9 Å². The highest BCUT2D eigenvalue weighted by molar-refractivity contribution is 6.07. The lowest BCUT2D eigenvalue weighted by atomic mass is 10.1. The van der Waals surface area contributed by atoms with Gasteiger partial charge in [0.15, 0.2) is 5.78 Å². The minimum Gasteiger partial charge on any atom is -0.464 e. The molecule has 0 spiro atoms. The Morgan fingerprint density at radius 2 is 2.05 bits per heavy atom. The maximum atomic E-state index is 12.0. The van der Waals surface area contributed by atoms with E-state index in [0.29, 0.717) is 24.4 Å². The minimum atomic E-state index is -0.0745. The van der Waals surface area contributed by atoms with Crippen molar-refractivity contribution in [2.75, 3.05) is 19.8 Å². The normalized spacial score (nSPS) is 11.3. The number of hydrogen-bond acceptors (Lipinski definition) is 4. The monoisotopic (exact) mass is 262 g/mol. The molecule has 4 nitrogen and oxygen atoms in total. The fourth-order valence-electron chi connectivity index (χ4n) is 1.78. The summed E-state index contributed by atoms with van der Waals surface area (Å²) in [6.45, 7) is 4.88. The van der Waals surface area contributed by atoms with E-state index in [2.05, 4.69) is 0 Å². The average molecular weight is 262 g/mol. The maximum Gasteiger partial charge on any atom is 0.192 e. The van der Waals surface area contributed by atoms with Crippen LogP contribution in [0.3, 0.4) is 0 Å². The number of ether oxygens (including phenoxy) is 2. The van der Waals surface area contributed by atoms with Crippen LogP contribution in [0.15, 0.2) is 34.9 Å². The van der Waals surface area contributed by atoms with E-state index in [1.165, 1.54) is 6.26 Å². The van der Waals surface area contributed by atoms with Gasteiger partial charge < -0.3 is 13.9 Å². The highest BCUT2D eigenvalue weighted by atomic mass is 16.5. The first-order valence-corrected chi connectivity index (χ1v) is 6.37. The van der Waals surface area contributed by atoms with Gasteiger partial charge in [-0.05, 0) is 19.9 Å². The zero-order valence-electron chi connectivity index (χ0n) is 11.2. The number of carbonyl (C=O) groups is 1. The topological polar surface area (TPSA) is 48.7 Å². The van der Waals surface area contributed by atoms with Gasteiger partial charge in [0.25, 0.3) is 0 Å². The summed E-state index contributed by atoms with van der Waals surface area (Å²) in [6.07, 6.45) is 1.66. The number of benzene rings is 1. The predicted octanol–water partition coefficient (Wildman–Crippen LogP) is 3.06. The third-order valence-corrected chi connectivity index (χ3v) is 2.69. The van der Waals surface area contributed by atoms with Gasteiger partial charge in [0, 0.05) is 5.39 Å². The number of hydrogen-bond donors (Lipinski definition) is 0. The van der Waals surface area contributed by atoms with Crippen molar-refractivity contribution in [1.82, 2.24) is 0 Å². The Kier molecular flexibility index (Phi) is 4.71. The molecule has 0 aliphatic rings. The lowest BCUT2D eigenvalue weighted by Gasteiger charge is -2.07. The van der Waals surface area contributed by atoms with Gasteiger partial charge in [-0.3, -0.25) is 4.79 Å². The molecule has 19 heavy (non-hydrogen) atoms. The largest absolute Gasteiger partial charge is 0.464 e. The molecule has 4 heteroatoms. The molecule has 0 saturated carbocycles. The number of ketones is 1. The number of Topliss-reactive ketones (excluding diaryl/α,β-unsaturated/α-hetero) is 1. The van der Waals surface area contributed by atoms with E-state index in [9.17, 15) is 4.79 Å². The summed E-state index contributed by atoms with van der Waals surface area (Å²) in [7, 11) is 0. The van der Waals surface area contributed by atoms with E-state index in [0.717, 1.165) is 5.39 Å². The molecule has 0 atom stereocenters. The van der Waals surface area contributed by atoms with Gasteiger partial charge in [0.1, 0.15) is 18.5 Å². The van der Waals surface area contributed by atoms with E-state index in [1.807, 2.05) is 38.1 Å². The van der Waals surface area contributed by atoms with Crippen molar-refractivity contribution >= 4 is 16.8 Å². The number of furan rings is 1. The molecule has 0 amide bonds. The zero-order chi connectivity index (χ0) is 13.7. The van der Waals surface area contributed by atoms with Crippen LogP contribution >= 0.6 is 0 Å². The molecule has 0 bridgehead atoms. The molecule has 102 valence electrons. The molecule has 1 heterocycles. The molecule has 1 aromatic carbocycles. The molecule has 1 aromatic heterocycles. The van der Waals surface area contributed by atoms with Gasteiger partial charge in [-0.1, -0.05) is 18.2 Å². The van der Waals surface area contributed by atoms with Crippen LogP contribution < -0.4 is 0 Å². The smallest absolute Gasteiger partial charge is 0.192 e. The molecule has 0 aliphatic carbocycles. The molecule has 0 aliphatic heterocycles. The van der Waals surface area contributed by atoms with Crippen LogP contribution in [0.2, 0.25) is 0 Å². The minimum absolute atomic E-state index is 0.0466. The van der Waals surface area contributed by atoms with Crippen molar-refractivity contribution in [1.29, 1.82) is 0 Å². The second kappa shape index (κ2) is 6.50. The third-order valence-electron chi connectivity index (χ3n) is 2.69. The molecule has 0 saturated heterocycles. The van der Waals surface area contributed by atoms with Crippen molar-refractivity contribution in [3.63, 3.8) is 0 Å². The molecule has 2 aromatic rings. The summed E-state index contributed by atoms with van der Waals surface area (Å²) in [4.78, 5) is 12.0. The Balaban J connectivity index is 1.86. The van der Waals surface area contributed by atoms with E-state index in [1.54, 1.807) is 0 Å². The quantitative estimate of drug-likeness (QED) is 0.568. The van der Waals surface area contributed by atoms with Crippen LogP contribution in [0.1, 0.15) is 24.2 Å². The summed E-state index contributed by atoms with van der Waals surface area (Å²) in [5.41, 5.74) is 1.29. The Labute approximate surface area is 112 Å². The van der Waals surface area contributed by atoms with E-state index < -0.39 is 0 Å². The van der Waals surface area contributed by atoms with Crippen LogP contribution in [-0.4, -0.2) is 31.7 Å². The lowest BCUT2D eigenvalue weighted by molar-refractivity contribution is 0.0208. The van der Waals surface area contributed by atoms with Crippen LogP contribution in [0.5, 0.6) is 0 Å². The second-order valence-electron chi connectivity index (χ2n) is 4.54. The number of para-hydroxylation sites is 1. The van der Waals surface area contributed by atoms with Crippen molar-refractivity contribution in [3.05, 3.63) is 36.1 Å². The highest BCUT2D eigenvalue weighted by Crippen LogP contribution is 2.20. The summed E-state index contributed by atoms with van der Waals surface area (Å²) in [5, 5.41) is 0.828. The van der Waals surface area contributed by atoms with Crippen LogP contribution in [0.4, 0.5) is 0 Å². The maximum absolute atomic E-state index is 12.0. The summed E-state index contributed by atoms with van der Waals surface area (Å²) >= 11 is 0. The molecule has 0 radical (unpaired) electrons. The van der Waals surface area contributed by atoms with Crippen molar-refractivity contribution < 1.29 is 18.7 Å². The van der Waals surface area contributed by atoms with Gasteiger partial charge in [-0.2, -0.15) is 0 Å². The third kappa shape index (κ3) is 3.66. The fraction of sp³-hybridized carbons (Fsp3) is 0.400. The number of carbonyl (C=O) groups excluding carboxylic acids is 1. The first-order valence-electron chi connectivity index (χ1n) is 6.37. The predicted molar refractivity (Wildman–Crippen MR) is 72.5 cm³/mol. The zero-order valence-corrected chi connectivity index (χ0v) is 11.2. The van der Waals surface area contributed by atoms with Gasteiger partial charge in [-0.15, -0.1) is 0 Å². The first kappa shape index (κ1) is 13.8. The Morgan fingerprint density at radius 3 is 2.84 bits per heavy atom. The van der Waals surface area contributed by atoms with E-state index >= 15 is 0 Å². The molecule has 0 N–H and O–H groups in total. The van der Waals surface area contributed by atoms with Gasteiger partial charge in [0.2, 0.25) is 0 Å². The number of rotatable bonds is 7. The van der Waals surface area contributed by atoms with Crippen molar-refractivity contribution in [3.8, 4) is 0 Å². The summed E-state index contributed by atoms with van der Waals surface area (Å²) in [5.74, 6) is -0.0745. The highest BCUT2D eigenvalue weighted by Gasteiger charge is 2.13. The van der Waals surface area contributed by atoms with Gasteiger partial charge >= 0.3 is 0 Å². The van der Waals surface area contributed by atoms with Gasteiger partial charge in [0.05, 0.1) is 24.9 Å². The van der Waals surface area contributed by atoms with Crippen LogP contribution in [0, 0.1) is 0 Å². The molecule has 2 rings (SSSR count). The lowest BCUT2D eigenvalue weighted by Crippen LogP contribution is -2.14. The average Bonchev–Trinajstić information content (AvgIpc) is 2.81. The van der Waals surface area contributed by atoms with Crippen LogP contribution in [0.25, 0.3) is 11.0 Å². The SMILES string of the molecule is CC(C)OCCOCC(=O)c1coc2ccccc12. The summed E-state index contributed by atoms with van der Waals surface area (Å²) in [6, 6.07) is 7.46. The standard InChI is InChI=1S/C15H18O4/c1-11(2)18-8-7-17-10-14(16)13-9-19-15-6-4-3-5-12(13)15/h3-6,9,11H,7-8,10H2,1-2H3. The molecular weight excluding hydrogens is 244 g/mol. The van der Waals surface area contributed by atoms with Crippen molar-refractivity contribution in [2.24, 2.45) is 0 Å². The van der Waals surface area contributed by atoms with Crippen molar-refractivity contribution in [2.45, 2.75) is 20.0 Å². The number of fused-ring (bicyclic) bond motifs is 1. The fourth-order valence-corrected chi connectivity index (χ4v) is 1.78. The Morgan fingerprint density at radius 1 is 1.26 bits per heavy atom. The van der Waals surface area contributed by atoms with E-state index in [-0.39, 0.29) is 18.5 Å². The molecule has 0 fully saturated rings. The molecular formula is C15H18O4.